The second-order valence-corrected chi connectivity index (χ2v) is 3.06. The molecule has 0 bridgehead atoms. The lowest BCUT2D eigenvalue weighted by Crippen LogP contribution is -2.11. The number of halogens is 1. The van der Waals surface area contributed by atoms with E-state index in [4.69, 9.17) is 4.74 Å². The SMILES string of the molecule is CNCCCOc1ccc([N+](=O)[O-])cc1.Cl. The van der Waals surface area contributed by atoms with Crippen molar-refractivity contribution in [3.8, 4) is 5.75 Å². The standard InChI is InChI=1S/C10H14N2O3.ClH/c1-11-7-2-8-15-10-5-3-9(4-6-10)12(13)14;/h3-6,11H,2,7-8H2,1H3;1H. The molecule has 0 fully saturated rings. The van der Waals surface area contributed by atoms with Gasteiger partial charge < -0.3 is 10.1 Å². The quantitative estimate of drug-likeness (QED) is 0.474. The summed E-state index contributed by atoms with van der Waals surface area (Å²) in [4.78, 5) is 9.94. The first kappa shape index (κ1) is 14.7. The van der Waals surface area contributed by atoms with Gasteiger partial charge >= 0.3 is 0 Å². The summed E-state index contributed by atoms with van der Waals surface area (Å²) in [7, 11) is 1.88. The minimum atomic E-state index is -0.426. The molecule has 5 nitrogen and oxygen atoms in total. The smallest absolute Gasteiger partial charge is 0.269 e. The molecule has 0 aliphatic heterocycles. The van der Waals surface area contributed by atoms with E-state index in [-0.39, 0.29) is 18.1 Å². The number of hydrogen-bond donors (Lipinski definition) is 1. The third-order valence-corrected chi connectivity index (χ3v) is 1.89. The molecule has 0 aliphatic carbocycles. The van der Waals surface area contributed by atoms with Crippen LogP contribution in [0.25, 0.3) is 0 Å². The number of nitrogens with zero attached hydrogens (tertiary/aromatic N) is 1. The lowest BCUT2D eigenvalue weighted by atomic mass is 10.3. The third-order valence-electron chi connectivity index (χ3n) is 1.89. The van der Waals surface area contributed by atoms with Crippen LogP contribution in [0, 0.1) is 10.1 Å². The molecule has 0 heterocycles. The van der Waals surface area contributed by atoms with Crippen molar-refractivity contribution in [1.29, 1.82) is 0 Å². The fraction of sp³-hybridized carbons (Fsp3) is 0.400. The highest BCUT2D eigenvalue weighted by Gasteiger charge is 2.03. The van der Waals surface area contributed by atoms with Crippen molar-refractivity contribution < 1.29 is 9.66 Å². The van der Waals surface area contributed by atoms with Gasteiger partial charge in [-0.2, -0.15) is 0 Å². The predicted molar refractivity (Wildman–Crippen MR) is 64.4 cm³/mol. The summed E-state index contributed by atoms with van der Waals surface area (Å²) in [6, 6.07) is 6.09. The molecular formula is C10H15ClN2O3. The van der Waals surface area contributed by atoms with Gasteiger partial charge in [-0.1, -0.05) is 0 Å². The molecule has 0 saturated carbocycles. The van der Waals surface area contributed by atoms with Crippen molar-refractivity contribution in [3.05, 3.63) is 34.4 Å². The first-order valence-electron chi connectivity index (χ1n) is 4.76. The molecule has 16 heavy (non-hydrogen) atoms. The van der Waals surface area contributed by atoms with Gasteiger partial charge in [0.15, 0.2) is 0 Å². The Balaban J connectivity index is 0.00000225. The van der Waals surface area contributed by atoms with Gasteiger partial charge in [-0.25, -0.2) is 0 Å². The summed E-state index contributed by atoms with van der Waals surface area (Å²) in [6.45, 7) is 1.51. The monoisotopic (exact) mass is 246 g/mol. The Morgan fingerprint density at radius 1 is 1.38 bits per heavy atom. The Bertz CT molecular complexity index is 316. The highest BCUT2D eigenvalue weighted by Crippen LogP contribution is 2.17. The lowest BCUT2D eigenvalue weighted by Gasteiger charge is -2.04. The van der Waals surface area contributed by atoms with Crippen LogP contribution in [-0.4, -0.2) is 25.1 Å². The molecule has 6 heteroatoms. The van der Waals surface area contributed by atoms with Gasteiger partial charge in [0, 0.05) is 12.1 Å². The van der Waals surface area contributed by atoms with Crippen LogP contribution in [0.2, 0.25) is 0 Å². The molecule has 90 valence electrons. The molecule has 0 radical (unpaired) electrons. The summed E-state index contributed by atoms with van der Waals surface area (Å²) in [5.41, 5.74) is 0.0811. The number of nitro benzene ring substituents is 1. The van der Waals surface area contributed by atoms with Gasteiger partial charge in [0.25, 0.3) is 5.69 Å². The highest BCUT2D eigenvalue weighted by atomic mass is 35.5. The molecule has 0 amide bonds. The van der Waals surface area contributed by atoms with Gasteiger partial charge in [0.05, 0.1) is 11.5 Å². The molecule has 1 N–H and O–H groups in total. The van der Waals surface area contributed by atoms with Crippen molar-refractivity contribution >= 4 is 18.1 Å². The fourth-order valence-corrected chi connectivity index (χ4v) is 1.10. The van der Waals surface area contributed by atoms with Gasteiger partial charge in [-0.15, -0.1) is 12.4 Å². The van der Waals surface area contributed by atoms with E-state index >= 15 is 0 Å². The van der Waals surface area contributed by atoms with Crippen LogP contribution in [0.15, 0.2) is 24.3 Å². The topological polar surface area (TPSA) is 64.4 Å². The Morgan fingerprint density at radius 2 is 2.00 bits per heavy atom. The van der Waals surface area contributed by atoms with Crippen molar-refractivity contribution in [3.63, 3.8) is 0 Å². The van der Waals surface area contributed by atoms with E-state index in [1.807, 2.05) is 7.05 Å². The van der Waals surface area contributed by atoms with E-state index in [9.17, 15) is 10.1 Å². The van der Waals surface area contributed by atoms with E-state index < -0.39 is 4.92 Å². The van der Waals surface area contributed by atoms with Crippen LogP contribution in [0.3, 0.4) is 0 Å². The minimum absolute atomic E-state index is 0. The maximum atomic E-state index is 10.4. The Labute approximate surface area is 100 Å². The average Bonchev–Trinajstić information content (AvgIpc) is 2.25. The zero-order valence-electron chi connectivity index (χ0n) is 9.01. The van der Waals surface area contributed by atoms with Crippen LogP contribution >= 0.6 is 12.4 Å². The average molecular weight is 247 g/mol. The van der Waals surface area contributed by atoms with Gasteiger partial charge in [-0.3, -0.25) is 10.1 Å². The summed E-state index contributed by atoms with van der Waals surface area (Å²) >= 11 is 0. The van der Waals surface area contributed by atoms with Gasteiger partial charge in [0.1, 0.15) is 5.75 Å². The third kappa shape index (κ3) is 4.95. The molecule has 1 aromatic rings. The van der Waals surface area contributed by atoms with Crippen molar-refractivity contribution in [2.45, 2.75) is 6.42 Å². The number of rotatable bonds is 6. The lowest BCUT2D eigenvalue weighted by molar-refractivity contribution is -0.384. The molecule has 0 saturated heterocycles. The second-order valence-electron chi connectivity index (χ2n) is 3.06. The van der Waals surface area contributed by atoms with E-state index in [0.717, 1.165) is 13.0 Å². The minimum Gasteiger partial charge on any atom is -0.494 e. The number of nitro groups is 1. The number of nitrogens with one attached hydrogen (secondary N) is 1. The van der Waals surface area contributed by atoms with Crippen LogP contribution in [0.4, 0.5) is 5.69 Å². The Morgan fingerprint density at radius 3 is 2.50 bits per heavy atom. The molecule has 0 spiro atoms. The maximum absolute atomic E-state index is 10.4. The highest BCUT2D eigenvalue weighted by molar-refractivity contribution is 5.85. The summed E-state index contributed by atoms with van der Waals surface area (Å²) in [5.74, 6) is 0.664. The van der Waals surface area contributed by atoms with Crippen molar-refractivity contribution in [2.75, 3.05) is 20.2 Å². The van der Waals surface area contributed by atoms with E-state index in [1.54, 1.807) is 12.1 Å². The number of hydrogen-bond acceptors (Lipinski definition) is 4. The number of non-ortho nitro benzene ring substituents is 1. The molecule has 0 atom stereocenters. The first-order valence-corrected chi connectivity index (χ1v) is 4.76. The van der Waals surface area contributed by atoms with Crippen LogP contribution < -0.4 is 10.1 Å². The van der Waals surface area contributed by atoms with Crippen LogP contribution in [0.5, 0.6) is 5.75 Å². The van der Waals surface area contributed by atoms with E-state index in [2.05, 4.69) is 5.32 Å². The number of benzene rings is 1. The molecule has 1 rings (SSSR count). The summed E-state index contributed by atoms with van der Waals surface area (Å²) in [6.07, 6.45) is 0.910. The molecular weight excluding hydrogens is 232 g/mol. The van der Waals surface area contributed by atoms with Gasteiger partial charge in [-0.05, 0) is 32.1 Å². The first-order chi connectivity index (χ1) is 7.24. The Kier molecular flexibility index (Phi) is 7.24. The van der Waals surface area contributed by atoms with Crippen LogP contribution in [-0.2, 0) is 0 Å². The largest absolute Gasteiger partial charge is 0.494 e. The molecule has 1 aromatic carbocycles. The van der Waals surface area contributed by atoms with E-state index in [0.29, 0.717) is 12.4 Å². The predicted octanol–water partition coefficient (Wildman–Crippen LogP) is 2.00. The van der Waals surface area contributed by atoms with Crippen molar-refractivity contribution in [2.24, 2.45) is 0 Å². The van der Waals surface area contributed by atoms with Crippen LogP contribution in [0.1, 0.15) is 6.42 Å². The summed E-state index contributed by atoms with van der Waals surface area (Å²) < 4.78 is 5.38. The Hall–Kier alpha value is -1.33. The summed E-state index contributed by atoms with van der Waals surface area (Å²) in [5, 5.41) is 13.4. The normalized spacial score (nSPS) is 9.31. The maximum Gasteiger partial charge on any atom is 0.269 e. The second kappa shape index (κ2) is 7.90. The van der Waals surface area contributed by atoms with Crippen molar-refractivity contribution in [1.82, 2.24) is 5.32 Å². The zero-order chi connectivity index (χ0) is 11.1. The van der Waals surface area contributed by atoms with E-state index in [1.165, 1.54) is 12.1 Å². The molecule has 0 aliphatic rings. The fourth-order valence-electron chi connectivity index (χ4n) is 1.10. The molecule has 0 unspecified atom stereocenters. The number of ether oxygens (including phenoxy) is 1. The van der Waals surface area contributed by atoms with Gasteiger partial charge in [0.2, 0.25) is 0 Å². The zero-order valence-corrected chi connectivity index (χ0v) is 9.83. The molecule has 0 aromatic heterocycles.